The molecule has 0 spiro atoms. The lowest BCUT2D eigenvalue weighted by Crippen LogP contribution is -2.54. The molecule has 0 bridgehead atoms. The van der Waals surface area contributed by atoms with E-state index < -0.39 is 9.84 Å². The Balaban J connectivity index is 1.90. The van der Waals surface area contributed by atoms with E-state index in [2.05, 4.69) is 17.1 Å². The van der Waals surface area contributed by atoms with Gasteiger partial charge in [0.2, 0.25) is 0 Å². The van der Waals surface area contributed by atoms with Crippen LogP contribution in [0.25, 0.3) is 0 Å². The van der Waals surface area contributed by atoms with Crippen molar-refractivity contribution in [2.45, 2.75) is 38.1 Å². The lowest BCUT2D eigenvalue weighted by molar-refractivity contribution is 0.171. The van der Waals surface area contributed by atoms with Gasteiger partial charge in [0, 0.05) is 18.6 Å². The molecule has 0 amide bonds. The van der Waals surface area contributed by atoms with Crippen molar-refractivity contribution in [2.24, 2.45) is 0 Å². The number of sulfone groups is 1. The molecular formula is C12H24N2O2S. The molecule has 100 valence electrons. The quantitative estimate of drug-likeness (QED) is 0.791. The number of hydrogen-bond acceptors (Lipinski definition) is 4. The van der Waals surface area contributed by atoms with E-state index in [-0.39, 0.29) is 5.54 Å². The Morgan fingerprint density at radius 2 is 2.00 bits per heavy atom. The van der Waals surface area contributed by atoms with E-state index >= 15 is 0 Å². The van der Waals surface area contributed by atoms with Gasteiger partial charge < -0.3 is 10.2 Å². The fourth-order valence-electron chi connectivity index (χ4n) is 2.90. The van der Waals surface area contributed by atoms with E-state index in [4.69, 9.17) is 0 Å². The molecule has 0 aliphatic carbocycles. The van der Waals surface area contributed by atoms with Crippen molar-refractivity contribution >= 4 is 9.84 Å². The average Bonchev–Trinajstić information content (AvgIpc) is 2.41. The molecule has 0 saturated carbocycles. The van der Waals surface area contributed by atoms with Crippen LogP contribution in [0.3, 0.4) is 0 Å². The normalized spacial score (nSPS) is 35.4. The summed E-state index contributed by atoms with van der Waals surface area (Å²) in [4.78, 5) is 2.32. The van der Waals surface area contributed by atoms with Crippen molar-refractivity contribution in [3.63, 3.8) is 0 Å². The molecule has 0 aromatic carbocycles. The van der Waals surface area contributed by atoms with Gasteiger partial charge in [-0.25, -0.2) is 8.42 Å². The zero-order valence-corrected chi connectivity index (χ0v) is 11.6. The Bertz CT molecular complexity index is 348. The van der Waals surface area contributed by atoms with Crippen LogP contribution in [0.1, 0.15) is 32.6 Å². The Labute approximate surface area is 105 Å². The van der Waals surface area contributed by atoms with Crippen molar-refractivity contribution < 1.29 is 8.42 Å². The van der Waals surface area contributed by atoms with Crippen LogP contribution in [0.4, 0.5) is 0 Å². The maximum atomic E-state index is 11.5. The van der Waals surface area contributed by atoms with Gasteiger partial charge in [0.1, 0.15) is 0 Å². The first-order valence-electron chi connectivity index (χ1n) is 6.67. The molecule has 2 rings (SSSR count). The molecule has 5 heteroatoms. The predicted octanol–water partition coefficient (Wildman–Crippen LogP) is 0.639. The first-order valence-corrected chi connectivity index (χ1v) is 8.49. The molecule has 2 fully saturated rings. The van der Waals surface area contributed by atoms with E-state index in [1.54, 1.807) is 0 Å². The lowest BCUT2D eigenvalue weighted by Gasteiger charge is -2.39. The number of piperidine rings is 1. The van der Waals surface area contributed by atoms with E-state index in [0.717, 1.165) is 26.1 Å². The largest absolute Gasteiger partial charge is 0.310 e. The van der Waals surface area contributed by atoms with Crippen LogP contribution in [-0.4, -0.2) is 56.5 Å². The first kappa shape index (κ1) is 13.3. The molecule has 2 aliphatic heterocycles. The van der Waals surface area contributed by atoms with Crippen LogP contribution in [-0.2, 0) is 9.84 Å². The Hall–Kier alpha value is -0.130. The maximum absolute atomic E-state index is 11.5. The molecule has 2 aliphatic rings. The second kappa shape index (κ2) is 5.24. The van der Waals surface area contributed by atoms with E-state index in [9.17, 15) is 8.42 Å². The summed E-state index contributed by atoms with van der Waals surface area (Å²) in [7, 11) is -2.77. The molecule has 0 aromatic heterocycles. The highest BCUT2D eigenvalue weighted by Crippen LogP contribution is 2.20. The molecule has 1 N–H and O–H groups in total. The highest BCUT2D eigenvalue weighted by molar-refractivity contribution is 7.91. The topological polar surface area (TPSA) is 49.4 Å². The Kier molecular flexibility index (Phi) is 4.10. The van der Waals surface area contributed by atoms with E-state index in [1.165, 1.54) is 19.3 Å². The van der Waals surface area contributed by atoms with Crippen LogP contribution >= 0.6 is 0 Å². The lowest BCUT2D eigenvalue weighted by atomic mass is 9.90. The van der Waals surface area contributed by atoms with Gasteiger partial charge in [0.05, 0.1) is 11.5 Å². The van der Waals surface area contributed by atoms with Crippen LogP contribution in [0, 0.1) is 0 Å². The molecule has 2 heterocycles. The van der Waals surface area contributed by atoms with Gasteiger partial charge in [-0.3, -0.25) is 0 Å². The predicted molar refractivity (Wildman–Crippen MR) is 70.0 cm³/mol. The molecule has 0 radical (unpaired) electrons. The summed E-state index contributed by atoms with van der Waals surface area (Å²) in [5.41, 5.74) is 0.187. The summed E-state index contributed by atoms with van der Waals surface area (Å²) < 4.78 is 23.1. The molecule has 1 atom stereocenters. The number of rotatable bonds is 2. The van der Waals surface area contributed by atoms with Gasteiger partial charge >= 0.3 is 0 Å². The fraction of sp³-hybridized carbons (Fsp3) is 1.00. The van der Waals surface area contributed by atoms with Gasteiger partial charge in [-0.1, -0.05) is 6.42 Å². The van der Waals surface area contributed by atoms with Gasteiger partial charge in [0.25, 0.3) is 0 Å². The number of nitrogens with one attached hydrogen (secondary N) is 1. The van der Waals surface area contributed by atoms with Crippen molar-refractivity contribution in [1.29, 1.82) is 0 Å². The Morgan fingerprint density at radius 1 is 1.18 bits per heavy atom. The minimum absolute atomic E-state index is 0.187. The zero-order valence-electron chi connectivity index (χ0n) is 10.7. The summed E-state index contributed by atoms with van der Waals surface area (Å²) >= 11 is 0. The Morgan fingerprint density at radius 3 is 2.71 bits per heavy atom. The minimum Gasteiger partial charge on any atom is -0.310 e. The number of hydrogen-bond donors (Lipinski definition) is 1. The average molecular weight is 260 g/mol. The molecule has 4 nitrogen and oxygen atoms in total. The van der Waals surface area contributed by atoms with E-state index in [0.29, 0.717) is 18.1 Å². The highest BCUT2D eigenvalue weighted by Gasteiger charge is 2.30. The second-order valence-electron chi connectivity index (χ2n) is 5.73. The fourth-order valence-corrected chi connectivity index (χ4v) is 4.20. The molecule has 0 aromatic rings. The summed E-state index contributed by atoms with van der Waals surface area (Å²) in [6.07, 6.45) is 4.55. The van der Waals surface area contributed by atoms with Crippen molar-refractivity contribution in [3.8, 4) is 0 Å². The monoisotopic (exact) mass is 260 g/mol. The van der Waals surface area contributed by atoms with Gasteiger partial charge in [-0.15, -0.1) is 0 Å². The SMILES string of the molecule is CC1(CN2CCCS(=O)(=O)CC2)CCCCN1. The minimum atomic E-state index is -2.77. The molecule has 17 heavy (non-hydrogen) atoms. The van der Waals surface area contributed by atoms with Crippen molar-refractivity contribution in [3.05, 3.63) is 0 Å². The smallest absolute Gasteiger partial charge is 0.151 e. The summed E-state index contributed by atoms with van der Waals surface area (Å²) in [6, 6.07) is 0. The standard InChI is InChI=1S/C12H24N2O2S/c1-12(5-2-3-6-13-12)11-14-7-4-9-17(15,16)10-8-14/h13H,2-11H2,1H3. The summed E-state index contributed by atoms with van der Waals surface area (Å²) in [6.45, 7) is 5.99. The second-order valence-corrected chi connectivity index (χ2v) is 8.03. The highest BCUT2D eigenvalue weighted by atomic mass is 32.2. The van der Waals surface area contributed by atoms with Gasteiger partial charge in [-0.05, 0) is 39.3 Å². The third-order valence-electron chi connectivity index (χ3n) is 3.93. The van der Waals surface area contributed by atoms with Crippen LogP contribution in [0.5, 0.6) is 0 Å². The number of nitrogens with zero attached hydrogens (tertiary/aromatic N) is 1. The van der Waals surface area contributed by atoms with Gasteiger partial charge in [0.15, 0.2) is 9.84 Å². The van der Waals surface area contributed by atoms with Crippen LogP contribution in [0.2, 0.25) is 0 Å². The summed E-state index contributed by atoms with van der Waals surface area (Å²) in [5.74, 6) is 0.705. The third-order valence-corrected chi connectivity index (χ3v) is 5.64. The van der Waals surface area contributed by atoms with Crippen LogP contribution in [0.15, 0.2) is 0 Å². The molecular weight excluding hydrogens is 236 g/mol. The molecule has 1 unspecified atom stereocenters. The summed E-state index contributed by atoms with van der Waals surface area (Å²) in [5, 5.41) is 3.59. The van der Waals surface area contributed by atoms with E-state index in [1.807, 2.05) is 0 Å². The third kappa shape index (κ3) is 3.93. The first-order chi connectivity index (χ1) is 7.99. The maximum Gasteiger partial charge on any atom is 0.151 e. The zero-order chi connectivity index (χ0) is 12.4. The van der Waals surface area contributed by atoms with Crippen LogP contribution < -0.4 is 5.32 Å². The van der Waals surface area contributed by atoms with Crippen molar-refractivity contribution in [2.75, 3.05) is 37.7 Å². The van der Waals surface area contributed by atoms with Crippen molar-refractivity contribution in [1.82, 2.24) is 10.2 Å². The molecule has 2 saturated heterocycles. The van der Waals surface area contributed by atoms with Gasteiger partial charge in [-0.2, -0.15) is 0 Å².